The number of nitrogens with one attached hydrogen (secondary N) is 1. The normalized spacial score (nSPS) is 12.2. The highest BCUT2D eigenvalue weighted by Gasteiger charge is 2.15. The molecule has 1 unspecified atom stereocenters. The number of halogens is 1. The van der Waals surface area contributed by atoms with Crippen molar-refractivity contribution < 1.29 is 15.0 Å². The summed E-state index contributed by atoms with van der Waals surface area (Å²) >= 11 is 3.26. The van der Waals surface area contributed by atoms with E-state index in [4.69, 9.17) is 5.11 Å². The number of rotatable bonds is 8. The van der Waals surface area contributed by atoms with Crippen LogP contribution in [0.1, 0.15) is 36.5 Å². The number of anilines is 1. The Balaban J connectivity index is 2.76. The summed E-state index contributed by atoms with van der Waals surface area (Å²) in [7, 11) is 0. The minimum absolute atomic E-state index is 0.163. The maximum absolute atomic E-state index is 11.2. The third kappa shape index (κ3) is 4.84. The van der Waals surface area contributed by atoms with Gasteiger partial charge in [0.25, 0.3) is 0 Å². The van der Waals surface area contributed by atoms with Crippen molar-refractivity contribution in [3.63, 3.8) is 0 Å². The highest BCUT2D eigenvalue weighted by Crippen LogP contribution is 2.25. The summed E-state index contributed by atoms with van der Waals surface area (Å²) in [6, 6.07) is 5.28. The minimum atomic E-state index is -0.954. The quantitative estimate of drug-likeness (QED) is 0.684. The highest BCUT2D eigenvalue weighted by atomic mass is 79.9. The zero-order chi connectivity index (χ0) is 14.3. The molecule has 0 aromatic heterocycles. The average Bonchev–Trinajstić information content (AvgIpc) is 2.36. The Labute approximate surface area is 122 Å². The van der Waals surface area contributed by atoms with Crippen LogP contribution in [-0.4, -0.2) is 29.3 Å². The van der Waals surface area contributed by atoms with Crippen LogP contribution >= 0.6 is 15.9 Å². The van der Waals surface area contributed by atoms with Gasteiger partial charge in [0, 0.05) is 23.3 Å². The summed E-state index contributed by atoms with van der Waals surface area (Å²) in [4.78, 5) is 11.2. The number of carboxylic acid groups (broad SMARTS) is 1. The lowest BCUT2D eigenvalue weighted by atomic mass is 10.00. The van der Waals surface area contributed by atoms with Crippen LogP contribution in [0.4, 0.5) is 5.69 Å². The van der Waals surface area contributed by atoms with Gasteiger partial charge in [-0.2, -0.15) is 0 Å². The molecular formula is C14H20BrNO3. The Morgan fingerprint density at radius 1 is 1.42 bits per heavy atom. The summed E-state index contributed by atoms with van der Waals surface area (Å²) in [5, 5.41) is 21.4. The van der Waals surface area contributed by atoms with Crippen LogP contribution in [0, 0.1) is 5.92 Å². The Morgan fingerprint density at radius 3 is 2.74 bits per heavy atom. The topological polar surface area (TPSA) is 69.6 Å². The molecule has 4 nitrogen and oxygen atoms in total. The van der Waals surface area contributed by atoms with Crippen molar-refractivity contribution >= 4 is 27.6 Å². The zero-order valence-corrected chi connectivity index (χ0v) is 12.6. The molecule has 0 heterocycles. The molecule has 0 amide bonds. The molecule has 1 aromatic carbocycles. The number of aliphatic hydroxyl groups excluding tert-OH is 1. The van der Waals surface area contributed by atoms with E-state index in [1.807, 2.05) is 0 Å². The lowest BCUT2D eigenvalue weighted by molar-refractivity contribution is 0.0697. The van der Waals surface area contributed by atoms with Crippen molar-refractivity contribution in [2.45, 2.75) is 26.2 Å². The first-order valence-corrected chi connectivity index (χ1v) is 7.26. The summed E-state index contributed by atoms with van der Waals surface area (Å²) in [6.45, 7) is 2.94. The molecule has 19 heavy (non-hydrogen) atoms. The van der Waals surface area contributed by atoms with Crippen LogP contribution in [0.5, 0.6) is 0 Å². The van der Waals surface area contributed by atoms with Gasteiger partial charge in [0.1, 0.15) is 0 Å². The second kappa shape index (κ2) is 8.17. The average molecular weight is 330 g/mol. The summed E-state index contributed by atoms with van der Waals surface area (Å²) in [5.41, 5.74) is 0.864. The Bertz CT molecular complexity index is 417. The van der Waals surface area contributed by atoms with Crippen LogP contribution in [0.15, 0.2) is 22.7 Å². The molecule has 1 atom stereocenters. The maximum atomic E-state index is 11.2. The Hall–Kier alpha value is -1.07. The second-order valence-electron chi connectivity index (χ2n) is 4.52. The van der Waals surface area contributed by atoms with E-state index in [1.54, 1.807) is 18.2 Å². The van der Waals surface area contributed by atoms with E-state index >= 15 is 0 Å². The van der Waals surface area contributed by atoms with E-state index in [1.165, 1.54) is 0 Å². The van der Waals surface area contributed by atoms with Crippen LogP contribution < -0.4 is 5.32 Å². The lowest BCUT2D eigenvalue weighted by Gasteiger charge is -2.18. The van der Waals surface area contributed by atoms with Crippen LogP contribution in [0.2, 0.25) is 0 Å². The molecule has 1 rings (SSSR count). The van der Waals surface area contributed by atoms with Crippen molar-refractivity contribution in [3.05, 3.63) is 28.2 Å². The van der Waals surface area contributed by atoms with Crippen molar-refractivity contribution in [1.29, 1.82) is 0 Å². The van der Waals surface area contributed by atoms with Gasteiger partial charge in [0.2, 0.25) is 0 Å². The third-order valence-corrected chi connectivity index (χ3v) is 3.70. The Kier molecular flexibility index (Phi) is 6.87. The molecule has 3 N–H and O–H groups in total. The molecule has 106 valence electrons. The molecule has 0 bridgehead atoms. The number of hydrogen-bond donors (Lipinski definition) is 3. The predicted molar refractivity (Wildman–Crippen MR) is 79.7 cm³/mol. The van der Waals surface area contributed by atoms with Gasteiger partial charge in [0.05, 0.1) is 5.56 Å². The number of aliphatic hydroxyl groups is 1. The number of carboxylic acids is 1. The van der Waals surface area contributed by atoms with Crippen LogP contribution in [0.25, 0.3) is 0 Å². The molecule has 0 aliphatic heterocycles. The first kappa shape index (κ1) is 16.0. The van der Waals surface area contributed by atoms with Gasteiger partial charge in [0.15, 0.2) is 0 Å². The summed E-state index contributed by atoms with van der Waals surface area (Å²) < 4.78 is 0.569. The lowest BCUT2D eigenvalue weighted by Crippen LogP contribution is -2.17. The fourth-order valence-corrected chi connectivity index (χ4v) is 2.62. The largest absolute Gasteiger partial charge is 0.478 e. The first-order valence-electron chi connectivity index (χ1n) is 6.46. The highest BCUT2D eigenvalue weighted by molar-refractivity contribution is 9.10. The molecular weight excluding hydrogens is 310 g/mol. The fourth-order valence-electron chi connectivity index (χ4n) is 2.08. The van der Waals surface area contributed by atoms with Crippen LogP contribution in [0.3, 0.4) is 0 Å². The van der Waals surface area contributed by atoms with Gasteiger partial charge < -0.3 is 15.5 Å². The minimum Gasteiger partial charge on any atom is -0.478 e. The number of benzene rings is 1. The van der Waals surface area contributed by atoms with E-state index in [2.05, 4.69) is 28.2 Å². The SMILES string of the molecule is CCCC(CCO)CNc1cccc(Br)c1C(=O)O. The van der Waals surface area contributed by atoms with E-state index in [0.717, 1.165) is 19.3 Å². The zero-order valence-electron chi connectivity index (χ0n) is 11.0. The molecule has 5 heteroatoms. The molecule has 0 saturated carbocycles. The molecule has 0 aliphatic rings. The molecule has 0 spiro atoms. The molecule has 0 radical (unpaired) electrons. The third-order valence-electron chi connectivity index (χ3n) is 3.04. The van der Waals surface area contributed by atoms with Crippen molar-refractivity contribution in [3.8, 4) is 0 Å². The summed E-state index contributed by atoms with van der Waals surface area (Å²) in [6.07, 6.45) is 2.80. The summed E-state index contributed by atoms with van der Waals surface area (Å²) in [5.74, 6) is -0.597. The van der Waals surface area contributed by atoms with Gasteiger partial charge in [-0.25, -0.2) is 4.79 Å². The smallest absolute Gasteiger partial charge is 0.338 e. The fraction of sp³-hybridized carbons (Fsp3) is 0.500. The van der Waals surface area contributed by atoms with Gasteiger partial charge >= 0.3 is 5.97 Å². The molecule has 0 aliphatic carbocycles. The standard InChI is InChI=1S/C14H20BrNO3/c1-2-4-10(7-8-17)9-16-12-6-3-5-11(15)13(12)14(18)19/h3,5-6,10,16-17H,2,4,7-9H2,1H3,(H,18,19). The maximum Gasteiger partial charge on any atom is 0.338 e. The Morgan fingerprint density at radius 2 is 2.16 bits per heavy atom. The molecule has 0 fully saturated rings. The van der Waals surface area contributed by atoms with Gasteiger partial charge in [-0.1, -0.05) is 19.4 Å². The van der Waals surface area contributed by atoms with E-state index in [0.29, 0.717) is 22.6 Å². The van der Waals surface area contributed by atoms with Gasteiger partial charge in [-0.05, 0) is 46.8 Å². The van der Waals surface area contributed by atoms with Crippen LogP contribution in [-0.2, 0) is 0 Å². The first-order chi connectivity index (χ1) is 9.10. The number of carbonyl (C=O) groups is 1. The van der Waals surface area contributed by atoms with E-state index in [9.17, 15) is 9.90 Å². The molecule has 0 saturated heterocycles. The van der Waals surface area contributed by atoms with Crippen molar-refractivity contribution in [1.82, 2.24) is 0 Å². The van der Waals surface area contributed by atoms with Crippen molar-refractivity contribution in [2.24, 2.45) is 5.92 Å². The monoisotopic (exact) mass is 329 g/mol. The van der Waals surface area contributed by atoms with Gasteiger partial charge in [-0.15, -0.1) is 0 Å². The predicted octanol–water partition coefficient (Wildman–Crippen LogP) is 3.36. The number of aromatic carboxylic acids is 1. The second-order valence-corrected chi connectivity index (χ2v) is 5.37. The van der Waals surface area contributed by atoms with E-state index in [-0.39, 0.29) is 12.2 Å². The number of hydrogen-bond acceptors (Lipinski definition) is 3. The van der Waals surface area contributed by atoms with Gasteiger partial charge in [-0.3, -0.25) is 0 Å². The van der Waals surface area contributed by atoms with Crippen molar-refractivity contribution in [2.75, 3.05) is 18.5 Å². The van der Waals surface area contributed by atoms with E-state index < -0.39 is 5.97 Å². The molecule has 1 aromatic rings.